The molecule has 1 heterocycles. The lowest BCUT2D eigenvalue weighted by molar-refractivity contribution is -0.122. The Morgan fingerprint density at radius 1 is 1.47 bits per heavy atom. The summed E-state index contributed by atoms with van der Waals surface area (Å²) in [6.45, 7) is 3.64. The van der Waals surface area contributed by atoms with Gasteiger partial charge in [-0.1, -0.05) is 24.2 Å². The first kappa shape index (κ1) is 13.5. The van der Waals surface area contributed by atoms with E-state index in [9.17, 15) is 9.90 Å². The zero-order chi connectivity index (χ0) is 13.9. The Hall–Kier alpha value is -1.88. The minimum Gasteiger partial charge on any atom is -0.394 e. The molecule has 0 bridgehead atoms. The van der Waals surface area contributed by atoms with Crippen LogP contribution in [-0.2, 0) is 11.2 Å². The number of nitrogens with zero attached hydrogens (tertiary/aromatic N) is 1. The van der Waals surface area contributed by atoms with Crippen LogP contribution in [0, 0.1) is 0 Å². The van der Waals surface area contributed by atoms with Crippen LogP contribution < -0.4 is 5.32 Å². The lowest BCUT2D eigenvalue weighted by Crippen LogP contribution is -2.48. The van der Waals surface area contributed by atoms with Crippen molar-refractivity contribution in [3.8, 4) is 0 Å². The number of hydrogen-bond donors (Lipinski definition) is 2. The number of carbonyl (C=O) groups excluding carboxylic acids is 1. The third-order valence-electron chi connectivity index (χ3n) is 3.35. The fraction of sp³-hybridized carbons (Fsp3) is 0.429. The molecule has 0 fully saturated rings. The maximum absolute atomic E-state index is 12.0. The maximum atomic E-state index is 12.0. The van der Waals surface area contributed by atoms with E-state index in [0.717, 1.165) is 5.39 Å². The van der Waals surface area contributed by atoms with Crippen molar-refractivity contribution in [3.05, 3.63) is 30.0 Å². The molecule has 0 aliphatic heterocycles. The molecule has 1 amide bonds. The second kappa shape index (κ2) is 5.40. The number of carbonyl (C=O) groups is 1. The SMILES string of the molecule is CCC(C)(CO)NC(=O)Cc1noc2ccccc12. The van der Waals surface area contributed by atoms with Crippen molar-refractivity contribution in [2.75, 3.05) is 6.61 Å². The Bertz CT molecular complexity index is 573. The van der Waals surface area contributed by atoms with Crippen LogP contribution in [0.4, 0.5) is 0 Å². The van der Waals surface area contributed by atoms with E-state index in [1.165, 1.54) is 0 Å². The molecule has 102 valence electrons. The lowest BCUT2D eigenvalue weighted by atomic mass is 10.00. The Labute approximate surface area is 111 Å². The van der Waals surface area contributed by atoms with Crippen LogP contribution in [0.3, 0.4) is 0 Å². The summed E-state index contributed by atoms with van der Waals surface area (Å²) in [6.07, 6.45) is 0.807. The van der Waals surface area contributed by atoms with E-state index in [1.807, 2.05) is 38.1 Å². The molecular weight excluding hydrogens is 244 g/mol. The summed E-state index contributed by atoms with van der Waals surface area (Å²) < 4.78 is 5.15. The van der Waals surface area contributed by atoms with E-state index in [2.05, 4.69) is 10.5 Å². The average Bonchev–Trinajstić information content (AvgIpc) is 2.82. The van der Waals surface area contributed by atoms with Gasteiger partial charge in [0.1, 0.15) is 5.69 Å². The Kier molecular flexibility index (Phi) is 3.85. The normalized spacial score (nSPS) is 14.3. The smallest absolute Gasteiger partial charge is 0.226 e. The van der Waals surface area contributed by atoms with Gasteiger partial charge >= 0.3 is 0 Å². The van der Waals surface area contributed by atoms with Crippen molar-refractivity contribution in [2.24, 2.45) is 0 Å². The molecule has 5 heteroatoms. The molecule has 1 aromatic heterocycles. The Morgan fingerprint density at radius 3 is 2.89 bits per heavy atom. The molecule has 19 heavy (non-hydrogen) atoms. The summed E-state index contributed by atoms with van der Waals surface area (Å²) in [5, 5.41) is 16.9. The molecule has 5 nitrogen and oxygen atoms in total. The van der Waals surface area contributed by atoms with Crippen LogP contribution in [0.25, 0.3) is 11.0 Å². The zero-order valence-corrected chi connectivity index (χ0v) is 11.1. The van der Waals surface area contributed by atoms with Crippen molar-refractivity contribution >= 4 is 16.9 Å². The highest BCUT2D eigenvalue weighted by atomic mass is 16.5. The van der Waals surface area contributed by atoms with Crippen molar-refractivity contribution in [1.82, 2.24) is 10.5 Å². The number of aromatic nitrogens is 1. The molecule has 2 rings (SSSR count). The van der Waals surface area contributed by atoms with Gasteiger partial charge in [-0.05, 0) is 25.5 Å². The number of amides is 1. The van der Waals surface area contributed by atoms with E-state index in [4.69, 9.17) is 4.52 Å². The molecule has 0 saturated heterocycles. The minimum atomic E-state index is -0.587. The van der Waals surface area contributed by atoms with Gasteiger partial charge in [-0.15, -0.1) is 0 Å². The van der Waals surface area contributed by atoms with Gasteiger partial charge in [0.2, 0.25) is 5.91 Å². The number of rotatable bonds is 5. The van der Waals surface area contributed by atoms with Crippen molar-refractivity contribution in [2.45, 2.75) is 32.2 Å². The number of benzene rings is 1. The quantitative estimate of drug-likeness (QED) is 0.859. The van der Waals surface area contributed by atoms with Gasteiger partial charge in [0, 0.05) is 5.39 Å². The van der Waals surface area contributed by atoms with E-state index >= 15 is 0 Å². The fourth-order valence-corrected chi connectivity index (χ4v) is 1.84. The van der Waals surface area contributed by atoms with Crippen molar-refractivity contribution in [3.63, 3.8) is 0 Å². The average molecular weight is 262 g/mol. The highest BCUT2D eigenvalue weighted by Gasteiger charge is 2.24. The van der Waals surface area contributed by atoms with E-state index in [-0.39, 0.29) is 18.9 Å². The highest BCUT2D eigenvalue weighted by Crippen LogP contribution is 2.18. The summed E-state index contributed by atoms with van der Waals surface area (Å²) in [7, 11) is 0. The van der Waals surface area contributed by atoms with Crippen LogP contribution in [0.15, 0.2) is 28.8 Å². The third-order valence-corrected chi connectivity index (χ3v) is 3.35. The molecule has 0 radical (unpaired) electrons. The van der Waals surface area contributed by atoms with Gasteiger partial charge in [0.05, 0.1) is 18.6 Å². The predicted octanol–water partition coefficient (Wildman–Crippen LogP) is 1.65. The zero-order valence-electron chi connectivity index (χ0n) is 11.1. The fourth-order valence-electron chi connectivity index (χ4n) is 1.84. The van der Waals surface area contributed by atoms with Gasteiger partial charge in [0.25, 0.3) is 0 Å². The summed E-state index contributed by atoms with van der Waals surface area (Å²) in [5.41, 5.74) is 0.701. The molecular formula is C14H18N2O3. The molecule has 0 aliphatic rings. The summed E-state index contributed by atoms with van der Waals surface area (Å²) in [5.74, 6) is -0.169. The first-order chi connectivity index (χ1) is 9.08. The summed E-state index contributed by atoms with van der Waals surface area (Å²) in [4.78, 5) is 12.0. The molecule has 2 aromatic rings. The first-order valence-corrected chi connectivity index (χ1v) is 6.33. The number of nitrogens with one attached hydrogen (secondary N) is 1. The Morgan fingerprint density at radius 2 is 2.21 bits per heavy atom. The number of fused-ring (bicyclic) bond motifs is 1. The maximum Gasteiger partial charge on any atom is 0.226 e. The van der Waals surface area contributed by atoms with E-state index < -0.39 is 5.54 Å². The van der Waals surface area contributed by atoms with Gasteiger partial charge in [-0.2, -0.15) is 0 Å². The molecule has 1 aromatic carbocycles. The molecule has 0 saturated carbocycles. The van der Waals surface area contributed by atoms with E-state index in [1.54, 1.807) is 0 Å². The summed E-state index contributed by atoms with van der Waals surface area (Å²) in [6, 6.07) is 7.43. The van der Waals surface area contributed by atoms with Gasteiger partial charge in [-0.3, -0.25) is 4.79 Å². The molecule has 1 unspecified atom stereocenters. The second-order valence-electron chi connectivity index (χ2n) is 4.92. The molecule has 1 atom stereocenters. The van der Waals surface area contributed by atoms with E-state index in [0.29, 0.717) is 17.7 Å². The topological polar surface area (TPSA) is 75.4 Å². The number of aliphatic hydroxyl groups is 1. The van der Waals surface area contributed by atoms with Crippen LogP contribution >= 0.6 is 0 Å². The largest absolute Gasteiger partial charge is 0.394 e. The summed E-state index contributed by atoms with van der Waals surface area (Å²) >= 11 is 0. The first-order valence-electron chi connectivity index (χ1n) is 6.33. The predicted molar refractivity (Wildman–Crippen MR) is 71.6 cm³/mol. The van der Waals surface area contributed by atoms with Gasteiger partial charge in [0.15, 0.2) is 5.58 Å². The highest BCUT2D eigenvalue weighted by molar-refractivity contribution is 5.86. The van der Waals surface area contributed by atoms with Crippen LogP contribution in [-0.4, -0.2) is 28.3 Å². The van der Waals surface area contributed by atoms with Gasteiger partial charge in [-0.25, -0.2) is 0 Å². The molecule has 2 N–H and O–H groups in total. The number of para-hydroxylation sites is 1. The van der Waals surface area contributed by atoms with Crippen LogP contribution in [0.5, 0.6) is 0 Å². The molecule has 0 spiro atoms. The van der Waals surface area contributed by atoms with Gasteiger partial charge < -0.3 is 14.9 Å². The van der Waals surface area contributed by atoms with Crippen LogP contribution in [0.2, 0.25) is 0 Å². The third kappa shape index (κ3) is 2.93. The van der Waals surface area contributed by atoms with Crippen molar-refractivity contribution in [1.29, 1.82) is 0 Å². The standard InChI is InChI=1S/C14H18N2O3/c1-3-14(2,9-17)15-13(18)8-11-10-6-4-5-7-12(10)19-16-11/h4-7,17H,3,8-9H2,1-2H3,(H,15,18). The molecule has 0 aliphatic carbocycles. The number of aliphatic hydroxyl groups excluding tert-OH is 1. The number of hydrogen-bond acceptors (Lipinski definition) is 4. The second-order valence-corrected chi connectivity index (χ2v) is 4.92. The Balaban J connectivity index is 2.11. The lowest BCUT2D eigenvalue weighted by Gasteiger charge is -2.26. The van der Waals surface area contributed by atoms with Crippen LogP contribution in [0.1, 0.15) is 26.0 Å². The van der Waals surface area contributed by atoms with Crippen molar-refractivity contribution < 1.29 is 14.4 Å². The minimum absolute atomic E-state index is 0.0885. The monoisotopic (exact) mass is 262 g/mol.